The van der Waals surface area contributed by atoms with Crippen LogP contribution in [-0.4, -0.2) is 30.6 Å². The SMILES string of the molecule is COc1ccccc1CNC(=O)COC(=O)c1c(C)c(-c2ccccc2)nc2ccccc12. The summed E-state index contributed by atoms with van der Waals surface area (Å²) in [4.78, 5) is 30.2. The fourth-order valence-electron chi connectivity index (χ4n) is 3.74. The molecule has 0 fully saturated rings. The molecule has 6 heteroatoms. The van der Waals surface area contributed by atoms with Crippen molar-refractivity contribution in [3.05, 3.63) is 95.6 Å². The van der Waals surface area contributed by atoms with Crippen molar-refractivity contribution in [3.63, 3.8) is 0 Å². The first-order valence-corrected chi connectivity index (χ1v) is 10.6. The Morgan fingerprint density at radius 2 is 1.61 bits per heavy atom. The van der Waals surface area contributed by atoms with E-state index in [1.807, 2.05) is 85.8 Å². The number of hydrogen-bond acceptors (Lipinski definition) is 5. The maximum atomic E-state index is 13.1. The molecule has 0 bridgehead atoms. The van der Waals surface area contributed by atoms with Crippen LogP contribution in [0.1, 0.15) is 21.5 Å². The third-order valence-electron chi connectivity index (χ3n) is 5.39. The van der Waals surface area contributed by atoms with Crippen LogP contribution in [0.5, 0.6) is 5.75 Å². The Morgan fingerprint density at radius 3 is 2.39 bits per heavy atom. The first kappa shape index (κ1) is 22.0. The van der Waals surface area contributed by atoms with Gasteiger partial charge in [0.05, 0.1) is 23.9 Å². The number of ether oxygens (including phenoxy) is 2. The van der Waals surface area contributed by atoms with Crippen LogP contribution in [0, 0.1) is 6.92 Å². The number of aromatic nitrogens is 1. The fourth-order valence-corrected chi connectivity index (χ4v) is 3.74. The summed E-state index contributed by atoms with van der Waals surface area (Å²) in [7, 11) is 1.58. The van der Waals surface area contributed by atoms with Crippen LogP contribution in [0.4, 0.5) is 0 Å². The number of hydrogen-bond donors (Lipinski definition) is 1. The minimum absolute atomic E-state index is 0.274. The summed E-state index contributed by atoms with van der Waals surface area (Å²) >= 11 is 0. The molecule has 0 unspecified atom stereocenters. The molecule has 166 valence electrons. The lowest BCUT2D eigenvalue weighted by atomic mass is 9.98. The Labute approximate surface area is 192 Å². The lowest BCUT2D eigenvalue weighted by Crippen LogP contribution is -2.28. The first-order valence-electron chi connectivity index (χ1n) is 10.6. The number of benzene rings is 3. The maximum Gasteiger partial charge on any atom is 0.339 e. The second kappa shape index (κ2) is 9.96. The van der Waals surface area contributed by atoms with Crippen LogP contribution in [0.25, 0.3) is 22.2 Å². The molecule has 1 N–H and O–H groups in total. The van der Waals surface area contributed by atoms with Crippen LogP contribution < -0.4 is 10.1 Å². The highest BCUT2D eigenvalue weighted by molar-refractivity contribution is 6.06. The van der Waals surface area contributed by atoms with Gasteiger partial charge in [0.1, 0.15) is 5.75 Å². The Kier molecular flexibility index (Phi) is 6.64. The van der Waals surface area contributed by atoms with E-state index in [1.165, 1.54) is 0 Å². The highest BCUT2D eigenvalue weighted by Gasteiger charge is 2.21. The van der Waals surface area contributed by atoms with Gasteiger partial charge in [-0.1, -0.05) is 66.7 Å². The van der Waals surface area contributed by atoms with Crippen molar-refractivity contribution in [2.45, 2.75) is 13.5 Å². The van der Waals surface area contributed by atoms with Gasteiger partial charge in [0.2, 0.25) is 0 Å². The zero-order valence-corrected chi connectivity index (χ0v) is 18.5. The lowest BCUT2D eigenvalue weighted by molar-refractivity contribution is -0.124. The summed E-state index contributed by atoms with van der Waals surface area (Å²) < 4.78 is 10.7. The first-order chi connectivity index (χ1) is 16.1. The second-order valence-electron chi connectivity index (χ2n) is 7.51. The van der Waals surface area contributed by atoms with Gasteiger partial charge in [-0.3, -0.25) is 4.79 Å². The highest BCUT2D eigenvalue weighted by Crippen LogP contribution is 2.30. The molecule has 0 aliphatic rings. The Balaban J connectivity index is 1.53. The smallest absolute Gasteiger partial charge is 0.339 e. The van der Waals surface area contributed by atoms with E-state index in [9.17, 15) is 9.59 Å². The molecule has 0 radical (unpaired) electrons. The number of esters is 1. The maximum absolute atomic E-state index is 13.1. The van der Waals surface area contributed by atoms with E-state index in [2.05, 4.69) is 5.32 Å². The fraction of sp³-hybridized carbons (Fsp3) is 0.148. The average molecular weight is 440 g/mol. The standard InChI is InChI=1S/C27H24N2O4/c1-18-25(21-13-7-8-14-22(21)29-26(18)19-10-4-3-5-11-19)27(31)33-17-24(30)28-16-20-12-6-9-15-23(20)32-2/h3-15H,16-17H2,1-2H3,(H,28,30). The van der Waals surface area contributed by atoms with Gasteiger partial charge < -0.3 is 14.8 Å². The number of amides is 1. The Hall–Kier alpha value is -4.19. The Morgan fingerprint density at radius 1 is 0.909 bits per heavy atom. The average Bonchev–Trinajstić information content (AvgIpc) is 2.86. The second-order valence-corrected chi connectivity index (χ2v) is 7.51. The zero-order valence-electron chi connectivity index (χ0n) is 18.5. The zero-order chi connectivity index (χ0) is 23.2. The molecule has 1 amide bonds. The van der Waals surface area contributed by atoms with Crippen molar-refractivity contribution in [3.8, 4) is 17.0 Å². The predicted molar refractivity (Wildman–Crippen MR) is 127 cm³/mol. The predicted octanol–water partition coefficient (Wildman–Crippen LogP) is 4.69. The van der Waals surface area contributed by atoms with E-state index < -0.39 is 11.9 Å². The van der Waals surface area contributed by atoms with Gasteiger partial charge in [-0.05, 0) is 24.6 Å². The van der Waals surface area contributed by atoms with Gasteiger partial charge in [0.25, 0.3) is 5.91 Å². The number of nitrogens with zero attached hydrogens (tertiary/aromatic N) is 1. The van der Waals surface area contributed by atoms with Gasteiger partial charge >= 0.3 is 5.97 Å². The van der Waals surface area contributed by atoms with Crippen LogP contribution in [0.3, 0.4) is 0 Å². The number of nitrogens with one attached hydrogen (secondary N) is 1. The Bertz CT molecular complexity index is 1300. The van der Waals surface area contributed by atoms with Crippen molar-refractivity contribution in [1.82, 2.24) is 10.3 Å². The minimum Gasteiger partial charge on any atom is -0.496 e. The molecular weight excluding hydrogens is 416 g/mol. The van der Waals surface area contributed by atoms with Gasteiger partial charge in [-0.2, -0.15) is 0 Å². The number of rotatable bonds is 7. The quantitative estimate of drug-likeness (QED) is 0.422. The summed E-state index contributed by atoms with van der Waals surface area (Å²) in [6, 6.07) is 24.5. The molecule has 0 aliphatic heterocycles. The largest absolute Gasteiger partial charge is 0.496 e. The summed E-state index contributed by atoms with van der Waals surface area (Å²) in [5, 5.41) is 3.45. The number of methoxy groups -OCH3 is 1. The molecule has 4 rings (SSSR count). The van der Waals surface area contributed by atoms with Crippen molar-refractivity contribution in [2.24, 2.45) is 0 Å². The number of fused-ring (bicyclic) bond motifs is 1. The normalized spacial score (nSPS) is 10.6. The van der Waals surface area contributed by atoms with E-state index >= 15 is 0 Å². The molecule has 6 nitrogen and oxygen atoms in total. The van der Waals surface area contributed by atoms with Crippen molar-refractivity contribution in [2.75, 3.05) is 13.7 Å². The monoisotopic (exact) mass is 440 g/mol. The molecule has 4 aromatic rings. The summed E-state index contributed by atoms with van der Waals surface area (Å²) in [6.07, 6.45) is 0. The molecule has 1 heterocycles. The molecular formula is C27H24N2O4. The van der Waals surface area contributed by atoms with Gasteiger partial charge in [0.15, 0.2) is 6.61 Å². The van der Waals surface area contributed by atoms with Crippen LogP contribution in [-0.2, 0) is 16.1 Å². The van der Waals surface area contributed by atoms with Gasteiger partial charge in [-0.15, -0.1) is 0 Å². The van der Waals surface area contributed by atoms with E-state index in [4.69, 9.17) is 14.5 Å². The van der Waals surface area contributed by atoms with Crippen molar-refractivity contribution in [1.29, 1.82) is 0 Å². The number of carbonyl (C=O) groups is 2. The third-order valence-corrected chi connectivity index (χ3v) is 5.39. The van der Waals surface area contributed by atoms with Crippen LogP contribution in [0.15, 0.2) is 78.9 Å². The molecule has 3 aromatic carbocycles. The molecule has 1 aromatic heterocycles. The summed E-state index contributed by atoms with van der Waals surface area (Å²) in [6.45, 7) is 1.74. The van der Waals surface area contributed by atoms with E-state index in [1.54, 1.807) is 7.11 Å². The molecule has 0 saturated heterocycles. The molecule has 0 saturated carbocycles. The topological polar surface area (TPSA) is 77.5 Å². The summed E-state index contributed by atoms with van der Waals surface area (Å²) in [5.41, 5.74) is 4.26. The molecule has 0 atom stereocenters. The minimum atomic E-state index is -0.560. The summed E-state index contributed by atoms with van der Waals surface area (Å²) in [5.74, 6) is -0.272. The van der Waals surface area contributed by atoms with Crippen molar-refractivity contribution >= 4 is 22.8 Å². The van der Waals surface area contributed by atoms with Gasteiger partial charge in [0, 0.05) is 23.1 Å². The van der Waals surface area contributed by atoms with Crippen LogP contribution >= 0.6 is 0 Å². The van der Waals surface area contributed by atoms with E-state index in [0.717, 1.165) is 11.1 Å². The van der Waals surface area contributed by atoms with Crippen molar-refractivity contribution < 1.29 is 19.1 Å². The highest BCUT2D eigenvalue weighted by atomic mass is 16.5. The van der Waals surface area contributed by atoms with Crippen LogP contribution in [0.2, 0.25) is 0 Å². The number of pyridine rings is 1. The lowest BCUT2D eigenvalue weighted by Gasteiger charge is -2.14. The molecule has 0 aliphatic carbocycles. The third kappa shape index (κ3) is 4.85. The molecule has 33 heavy (non-hydrogen) atoms. The van der Waals surface area contributed by atoms with Gasteiger partial charge in [-0.25, -0.2) is 9.78 Å². The van der Waals surface area contributed by atoms with E-state index in [-0.39, 0.29) is 13.2 Å². The molecule has 0 spiro atoms. The number of para-hydroxylation sites is 2. The van der Waals surface area contributed by atoms with E-state index in [0.29, 0.717) is 33.5 Å². The number of carbonyl (C=O) groups excluding carboxylic acids is 2.